The summed E-state index contributed by atoms with van der Waals surface area (Å²) in [6.45, 7) is 5.88. The van der Waals surface area contributed by atoms with Crippen LogP contribution in [0.5, 0.6) is 0 Å². The third kappa shape index (κ3) is 3.09. The van der Waals surface area contributed by atoms with Crippen molar-refractivity contribution in [3.05, 3.63) is 35.1 Å². The van der Waals surface area contributed by atoms with Gasteiger partial charge in [0.05, 0.1) is 0 Å². The van der Waals surface area contributed by atoms with E-state index in [4.69, 9.17) is 5.73 Å². The first-order valence-corrected chi connectivity index (χ1v) is 6.82. The number of piperidine rings is 1. The smallest absolute Gasteiger partial charge is 0.126 e. The molecule has 2 unspecified atom stereocenters. The SMILES string of the molecule is Cc1cc(CN2CCCCC2C(C)N)ccc1F. The monoisotopic (exact) mass is 250 g/mol. The summed E-state index contributed by atoms with van der Waals surface area (Å²) in [5.41, 5.74) is 7.97. The van der Waals surface area contributed by atoms with E-state index in [1.807, 2.05) is 19.1 Å². The molecule has 0 saturated carbocycles. The molecule has 0 radical (unpaired) electrons. The lowest BCUT2D eigenvalue weighted by atomic mass is 9.96. The number of hydrogen-bond donors (Lipinski definition) is 1. The number of halogens is 1. The molecular formula is C15H23FN2. The van der Waals surface area contributed by atoms with Crippen LogP contribution in [0.2, 0.25) is 0 Å². The highest BCUT2D eigenvalue weighted by Gasteiger charge is 2.25. The normalized spacial score (nSPS) is 23.0. The zero-order valence-corrected chi connectivity index (χ0v) is 11.3. The number of likely N-dealkylation sites (tertiary alicyclic amines) is 1. The Morgan fingerprint density at radius 1 is 1.44 bits per heavy atom. The summed E-state index contributed by atoms with van der Waals surface area (Å²) >= 11 is 0. The Kier molecular flexibility index (Phi) is 4.36. The molecule has 1 saturated heterocycles. The molecule has 1 aromatic carbocycles. The maximum absolute atomic E-state index is 13.2. The zero-order valence-electron chi connectivity index (χ0n) is 11.3. The van der Waals surface area contributed by atoms with E-state index in [1.165, 1.54) is 24.8 Å². The first kappa shape index (κ1) is 13.5. The predicted octanol–water partition coefficient (Wildman–Crippen LogP) is 2.84. The molecule has 1 heterocycles. The maximum atomic E-state index is 13.2. The average molecular weight is 250 g/mol. The van der Waals surface area contributed by atoms with Gasteiger partial charge in [0.25, 0.3) is 0 Å². The molecule has 100 valence electrons. The van der Waals surface area contributed by atoms with Gasteiger partial charge in [-0.1, -0.05) is 18.6 Å². The number of rotatable bonds is 3. The third-order valence-corrected chi connectivity index (χ3v) is 3.88. The van der Waals surface area contributed by atoms with E-state index in [-0.39, 0.29) is 11.9 Å². The lowest BCUT2D eigenvalue weighted by Gasteiger charge is -2.38. The second-order valence-corrected chi connectivity index (χ2v) is 5.48. The Morgan fingerprint density at radius 2 is 2.22 bits per heavy atom. The third-order valence-electron chi connectivity index (χ3n) is 3.88. The Bertz CT molecular complexity index is 403. The molecule has 3 heteroatoms. The van der Waals surface area contributed by atoms with Gasteiger partial charge in [-0.2, -0.15) is 0 Å². The molecule has 1 aliphatic heterocycles. The second-order valence-electron chi connectivity index (χ2n) is 5.48. The van der Waals surface area contributed by atoms with Gasteiger partial charge in [-0.3, -0.25) is 4.90 Å². The van der Waals surface area contributed by atoms with E-state index in [0.717, 1.165) is 18.7 Å². The molecule has 0 bridgehead atoms. The maximum Gasteiger partial charge on any atom is 0.126 e. The van der Waals surface area contributed by atoms with Crippen molar-refractivity contribution in [3.63, 3.8) is 0 Å². The lowest BCUT2D eigenvalue weighted by molar-refractivity contribution is 0.123. The van der Waals surface area contributed by atoms with Crippen LogP contribution < -0.4 is 5.73 Å². The highest BCUT2D eigenvalue weighted by atomic mass is 19.1. The molecule has 18 heavy (non-hydrogen) atoms. The van der Waals surface area contributed by atoms with E-state index in [0.29, 0.717) is 6.04 Å². The van der Waals surface area contributed by atoms with Gasteiger partial charge in [0, 0.05) is 18.6 Å². The Balaban J connectivity index is 2.08. The van der Waals surface area contributed by atoms with Crippen LogP contribution in [0.4, 0.5) is 4.39 Å². The van der Waals surface area contributed by atoms with Gasteiger partial charge in [0.1, 0.15) is 5.82 Å². The predicted molar refractivity (Wildman–Crippen MR) is 72.8 cm³/mol. The summed E-state index contributed by atoms with van der Waals surface area (Å²) in [6, 6.07) is 6.06. The van der Waals surface area contributed by atoms with Crippen LogP contribution in [0, 0.1) is 12.7 Å². The number of aryl methyl sites for hydroxylation is 1. The van der Waals surface area contributed by atoms with Gasteiger partial charge in [0.15, 0.2) is 0 Å². The van der Waals surface area contributed by atoms with Crippen molar-refractivity contribution in [2.24, 2.45) is 5.73 Å². The van der Waals surface area contributed by atoms with Gasteiger partial charge in [-0.15, -0.1) is 0 Å². The van der Waals surface area contributed by atoms with Gasteiger partial charge in [-0.05, 0) is 50.4 Å². The van der Waals surface area contributed by atoms with Gasteiger partial charge in [0.2, 0.25) is 0 Å². The van der Waals surface area contributed by atoms with Gasteiger partial charge >= 0.3 is 0 Å². The summed E-state index contributed by atoms with van der Waals surface area (Å²) in [6.07, 6.45) is 3.69. The molecule has 1 aliphatic rings. The molecule has 0 aromatic heterocycles. The molecule has 0 aliphatic carbocycles. The first-order chi connectivity index (χ1) is 8.58. The Labute approximate surface area is 109 Å². The fourth-order valence-electron chi connectivity index (χ4n) is 2.85. The van der Waals surface area contributed by atoms with Crippen molar-refractivity contribution in [1.82, 2.24) is 4.90 Å². The summed E-state index contributed by atoms with van der Waals surface area (Å²) in [5, 5.41) is 0. The van der Waals surface area contributed by atoms with Crippen molar-refractivity contribution < 1.29 is 4.39 Å². The van der Waals surface area contributed by atoms with Crippen molar-refractivity contribution in [1.29, 1.82) is 0 Å². The van der Waals surface area contributed by atoms with Gasteiger partial charge < -0.3 is 5.73 Å². The van der Waals surface area contributed by atoms with E-state index >= 15 is 0 Å². The topological polar surface area (TPSA) is 29.3 Å². The van der Waals surface area contributed by atoms with Crippen LogP contribution in [0.1, 0.15) is 37.3 Å². The first-order valence-electron chi connectivity index (χ1n) is 6.82. The minimum Gasteiger partial charge on any atom is -0.327 e. The van der Waals surface area contributed by atoms with Crippen LogP contribution in [-0.2, 0) is 6.54 Å². The number of benzene rings is 1. The quantitative estimate of drug-likeness (QED) is 0.894. The van der Waals surface area contributed by atoms with E-state index < -0.39 is 0 Å². The van der Waals surface area contributed by atoms with Crippen LogP contribution in [-0.4, -0.2) is 23.5 Å². The molecule has 2 N–H and O–H groups in total. The second kappa shape index (κ2) is 5.81. The number of nitrogens with two attached hydrogens (primary N) is 1. The van der Waals surface area contributed by atoms with E-state index in [9.17, 15) is 4.39 Å². The Morgan fingerprint density at radius 3 is 2.89 bits per heavy atom. The summed E-state index contributed by atoms with van der Waals surface area (Å²) in [7, 11) is 0. The molecule has 2 nitrogen and oxygen atoms in total. The standard InChI is InChI=1S/C15H23FN2/c1-11-9-13(6-7-14(11)16)10-18-8-4-3-5-15(18)12(2)17/h6-7,9,12,15H,3-5,8,10,17H2,1-2H3. The molecule has 2 atom stereocenters. The minimum absolute atomic E-state index is 0.124. The van der Waals surface area contributed by atoms with Crippen molar-refractivity contribution in [2.45, 2.75) is 51.7 Å². The highest BCUT2D eigenvalue weighted by Crippen LogP contribution is 2.22. The number of hydrogen-bond acceptors (Lipinski definition) is 2. The van der Waals surface area contributed by atoms with Crippen molar-refractivity contribution in [3.8, 4) is 0 Å². The average Bonchev–Trinajstić information content (AvgIpc) is 2.34. The van der Waals surface area contributed by atoms with Crippen LogP contribution in [0.25, 0.3) is 0 Å². The molecule has 0 amide bonds. The summed E-state index contributed by atoms with van der Waals surface area (Å²) < 4.78 is 13.2. The van der Waals surface area contributed by atoms with E-state index in [2.05, 4.69) is 11.8 Å². The Hall–Kier alpha value is -0.930. The van der Waals surface area contributed by atoms with Gasteiger partial charge in [-0.25, -0.2) is 4.39 Å². The van der Waals surface area contributed by atoms with Crippen LogP contribution >= 0.6 is 0 Å². The van der Waals surface area contributed by atoms with Crippen LogP contribution in [0.15, 0.2) is 18.2 Å². The van der Waals surface area contributed by atoms with Crippen molar-refractivity contribution >= 4 is 0 Å². The largest absolute Gasteiger partial charge is 0.327 e. The summed E-state index contributed by atoms with van der Waals surface area (Å²) in [5.74, 6) is -0.124. The van der Waals surface area contributed by atoms with Crippen molar-refractivity contribution in [2.75, 3.05) is 6.54 Å². The molecule has 0 spiro atoms. The summed E-state index contributed by atoms with van der Waals surface area (Å²) in [4.78, 5) is 2.45. The van der Waals surface area contributed by atoms with E-state index in [1.54, 1.807) is 6.07 Å². The fraction of sp³-hybridized carbons (Fsp3) is 0.600. The molecule has 1 aromatic rings. The molecular weight excluding hydrogens is 227 g/mol. The molecule has 1 fully saturated rings. The zero-order chi connectivity index (χ0) is 13.1. The molecule has 2 rings (SSSR count). The number of nitrogens with zero attached hydrogens (tertiary/aromatic N) is 1. The lowest BCUT2D eigenvalue weighted by Crippen LogP contribution is -2.48. The fourth-order valence-corrected chi connectivity index (χ4v) is 2.85. The highest BCUT2D eigenvalue weighted by molar-refractivity contribution is 5.24. The minimum atomic E-state index is -0.124. The van der Waals surface area contributed by atoms with Crippen LogP contribution in [0.3, 0.4) is 0 Å².